The fourth-order valence-electron chi connectivity index (χ4n) is 2.21. The summed E-state index contributed by atoms with van der Waals surface area (Å²) in [5.41, 5.74) is 2.70. The molecule has 22 heavy (non-hydrogen) atoms. The number of ether oxygens (including phenoxy) is 1. The third-order valence-corrected chi connectivity index (χ3v) is 3.33. The quantitative estimate of drug-likeness (QED) is 0.735. The van der Waals surface area contributed by atoms with Gasteiger partial charge in [-0.15, -0.1) is 0 Å². The highest BCUT2D eigenvalue weighted by Crippen LogP contribution is 2.23. The summed E-state index contributed by atoms with van der Waals surface area (Å²) < 4.78 is 4.95. The van der Waals surface area contributed by atoms with Gasteiger partial charge in [-0.05, 0) is 17.2 Å². The molecule has 0 heterocycles. The molecule has 0 saturated carbocycles. The lowest BCUT2D eigenvalue weighted by Crippen LogP contribution is -2.33. The van der Waals surface area contributed by atoms with E-state index in [1.54, 1.807) is 7.11 Å². The summed E-state index contributed by atoms with van der Waals surface area (Å²) in [6, 6.07) is 17.6. The zero-order chi connectivity index (χ0) is 15.6. The summed E-state index contributed by atoms with van der Waals surface area (Å²) in [5.74, 6) is -0.0482. The zero-order valence-electron chi connectivity index (χ0n) is 12.8. The maximum atomic E-state index is 12.4. The zero-order valence-corrected chi connectivity index (χ0v) is 12.8. The van der Waals surface area contributed by atoms with Crippen LogP contribution in [0.1, 0.15) is 10.4 Å². The monoisotopic (exact) mass is 298 g/mol. The Kier molecular flexibility index (Phi) is 6.61. The van der Waals surface area contributed by atoms with Crippen LogP contribution in [0.3, 0.4) is 0 Å². The summed E-state index contributed by atoms with van der Waals surface area (Å²) in [6.45, 7) is 2.77. The van der Waals surface area contributed by atoms with Crippen molar-refractivity contribution in [2.24, 2.45) is 0 Å². The Morgan fingerprint density at radius 3 is 2.45 bits per heavy atom. The van der Waals surface area contributed by atoms with E-state index in [4.69, 9.17) is 4.74 Å². The van der Waals surface area contributed by atoms with E-state index in [1.165, 1.54) is 0 Å². The van der Waals surface area contributed by atoms with Gasteiger partial charge in [0, 0.05) is 32.3 Å². The van der Waals surface area contributed by atoms with Gasteiger partial charge in [0.15, 0.2) is 0 Å². The summed E-state index contributed by atoms with van der Waals surface area (Å²) in [6.07, 6.45) is 0. The summed E-state index contributed by atoms with van der Waals surface area (Å²) in [4.78, 5) is 12.4. The van der Waals surface area contributed by atoms with Gasteiger partial charge < -0.3 is 15.4 Å². The SMILES string of the molecule is COCCNCCNC(=O)c1ccccc1-c1ccccc1. The number of hydrogen-bond donors (Lipinski definition) is 2. The first-order chi connectivity index (χ1) is 10.8. The van der Waals surface area contributed by atoms with E-state index in [2.05, 4.69) is 10.6 Å². The second-order valence-electron chi connectivity index (χ2n) is 4.91. The molecular formula is C18H22N2O2. The first kappa shape index (κ1) is 16.2. The second-order valence-corrected chi connectivity index (χ2v) is 4.91. The van der Waals surface area contributed by atoms with Crippen molar-refractivity contribution >= 4 is 5.91 Å². The molecule has 0 aromatic heterocycles. The van der Waals surface area contributed by atoms with Crippen LogP contribution in [0, 0.1) is 0 Å². The van der Waals surface area contributed by atoms with Crippen molar-refractivity contribution < 1.29 is 9.53 Å². The molecule has 2 N–H and O–H groups in total. The lowest BCUT2D eigenvalue weighted by molar-refractivity contribution is 0.0954. The topological polar surface area (TPSA) is 50.4 Å². The normalized spacial score (nSPS) is 10.4. The van der Waals surface area contributed by atoms with Crippen molar-refractivity contribution in [3.05, 3.63) is 60.2 Å². The summed E-state index contributed by atoms with van der Waals surface area (Å²) >= 11 is 0. The number of methoxy groups -OCH3 is 1. The van der Waals surface area contributed by atoms with E-state index in [0.717, 1.165) is 24.2 Å². The first-order valence-corrected chi connectivity index (χ1v) is 7.45. The molecule has 2 aromatic rings. The second kappa shape index (κ2) is 8.97. The summed E-state index contributed by atoms with van der Waals surface area (Å²) in [7, 11) is 1.67. The number of amides is 1. The van der Waals surface area contributed by atoms with Gasteiger partial charge in [-0.2, -0.15) is 0 Å². The third-order valence-electron chi connectivity index (χ3n) is 3.33. The van der Waals surface area contributed by atoms with Crippen LogP contribution >= 0.6 is 0 Å². The van der Waals surface area contributed by atoms with Crippen LogP contribution in [-0.4, -0.2) is 39.3 Å². The number of nitrogens with one attached hydrogen (secondary N) is 2. The maximum absolute atomic E-state index is 12.4. The predicted molar refractivity (Wildman–Crippen MR) is 89.0 cm³/mol. The molecule has 0 aliphatic rings. The molecule has 0 aliphatic heterocycles. The average molecular weight is 298 g/mol. The van der Waals surface area contributed by atoms with E-state index in [-0.39, 0.29) is 5.91 Å². The van der Waals surface area contributed by atoms with Crippen LogP contribution in [0.2, 0.25) is 0 Å². The largest absolute Gasteiger partial charge is 0.383 e. The molecule has 2 rings (SSSR count). The Hall–Kier alpha value is -2.17. The van der Waals surface area contributed by atoms with E-state index in [1.807, 2.05) is 54.6 Å². The van der Waals surface area contributed by atoms with Crippen molar-refractivity contribution in [3.8, 4) is 11.1 Å². The standard InChI is InChI=1S/C18H22N2O2/c1-22-14-13-19-11-12-20-18(21)17-10-6-5-9-16(17)15-7-3-2-4-8-15/h2-10,19H,11-14H2,1H3,(H,20,21). The highest BCUT2D eigenvalue weighted by atomic mass is 16.5. The minimum absolute atomic E-state index is 0.0482. The molecule has 4 heteroatoms. The number of benzene rings is 2. The van der Waals surface area contributed by atoms with Gasteiger partial charge in [-0.1, -0.05) is 48.5 Å². The highest BCUT2D eigenvalue weighted by Gasteiger charge is 2.11. The predicted octanol–water partition coefficient (Wildman–Crippen LogP) is 2.32. The Labute approximate surface area is 131 Å². The van der Waals surface area contributed by atoms with Crippen LogP contribution in [-0.2, 0) is 4.74 Å². The van der Waals surface area contributed by atoms with Gasteiger partial charge in [-0.25, -0.2) is 0 Å². The molecule has 0 atom stereocenters. The van der Waals surface area contributed by atoms with E-state index in [9.17, 15) is 4.79 Å². The Balaban J connectivity index is 1.96. The molecule has 0 unspecified atom stereocenters. The molecule has 0 bridgehead atoms. The van der Waals surface area contributed by atoms with Gasteiger partial charge >= 0.3 is 0 Å². The molecule has 0 fully saturated rings. The summed E-state index contributed by atoms with van der Waals surface area (Å²) in [5, 5.41) is 6.14. The molecule has 116 valence electrons. The number of hydrogen-bond acceptors (Lipinski definition) is 3. The maximum Gasteiger partial charge on any atom is 0.251 e. The number of carbonyl (C=O) groups is 1. The van der Waals surface area contributed by atoms with Gasteiger partial charge in [-0.3, -0.25) is 4.79 Å². The Morgan fingerprint density at radius 2 is 1.68 bits per heavy atom. The Bertz CT molecular complexity index is 585. The van der Waals surface area contributed by atoms with Gasteiger partial charge in [0.2, 0.25) is 0 Å². The fraction of sp³-hybridized carbons (Fsp3) is 0.278. The molecule has 0 radical (unpaired) electrons. The molecule has 2 aromatic carbocycles. The first-order valence-electron chi connectivity index (χ1n) is 7.45. The molecule has 0 spiro atoms. The van der Waals surface area contributed by atoms with Crippen LogP contribution in [0.15, 0.2) is 54.6 Å². The van der Waals surface area contributed by atoms with Crippen molar-refractivity contribution in [1.82, 2.24) is 10.6 Å². The van der Waals surface area contributed by atoms with Crippen LogP contribution in [0.25, 0.3) is 11.1 Å². The van der Waals surface area contributed by atoms with E-state index >= 15 is 0 Å². The van der Waals surface area contributed by atoms with Gasteiger partial charge in [0.05, 0.1) is 6.61 Å². The molecular weight excluding hydrogens is 276 g/mol. The molecule has 4 nitrogen and oxygen atoms in total. The van der Waals surface area contributed by atoms with E-state index < -0.39 is 0 Å². The van der Waals surface area contributed by atoms with Crippen LogP contribution in [0.4, 0.5) is 0 Å². The van der Waals surface area contributed by atoms with Crippen molar-refractivity contribution in [2.45, 2.75) is 0 Å². The minimum atomic E-state index is -0.0482. The number of carbonyl (C=O) groups excluding carboxylic acids is 1. The smallest absolute Gasteiger partial charge is 0.251 e. The van der Waals surface area contributed by atoms with Crippen molar-refractivity contribution in [3.63, 3.8) is 0 Å². The average Bonchev–Trinajstić information content (AvgIpc) is 2.58. The van der Waals surface area contributed by atoms with Gasteiger partial charge in [0.25, 0.3) is 5.91 Å². The third kappa shape index (κ3) is 4.69. The lowest BCUT2D eigenvalue weighted by atomic mass is 9.99. The van der Waals surface area contributed by atoms with Gasteiger partial charge in [0.1, 0.15) is 0 Å². The van der Waals surface area contributed by atoms with Crippen molar-refractivity contribution in [1.29, 1.82) is 0 Å². The number of rotatable bonds is 8. The van der Waals surface area contributed by atoms with Crippen LogP contribution in [0.5, 0.6) is 0 Å². The molecule has 1 amide bonds. The van der Waals surface area contributed by atoms with Crippen molar-refractivity contribution in [2.75, 3.05) is 33.4 Å². The van der Waals surface area contributed by atoms with Crippen LogP contribution < -0.4 is 10.6 Å². The minimum Gasteiger partial charge on any atom is -0.383 e. The fourth-order valence-corrected chi connectivity index (χ4v) is 2.21. The lowest BCUT2D eigenvalue weighted by Gasteiger charge is -2.11. The highest BCUT2D eigenvalue weighted by molar-refractivity contribution is 6.00. The molecule has 0 saturated heterocycles. The van der Waals surface area contributed by atoms with E-state index in [0.29, 0.717) is 18.7 Å². The Morgan fingerprint density at radius 1 is 0.955 bits per heavy atom. The molecule has 0 aliphatic carbocycles.